The van der Waals surface area contributed by atoms with Gasteiger partial charge in [0.25, 0.3) is 0 Å². The molecule has 0 radical (unpaired) electrons. The van der Waals surface area contributed by atoms with Crippen molar-refractivity contribution in [3.63, 3.8) is 0 Å². The highest BCUT2D eigenvalue weighted by Gasteiger charge is 2.43. The normalized spacial score (nSPS) is 31.0. The zero-order valence-corrected chi connectivity index (χ0v) is 19.5. The summed E-state index contributed by atoms with van der Waals surface area (Å²) in [6, 6.07) is 8.89. The summed E-state index contributed by atoms with van der Waals surface area (Å²) in [6.07, 6.45) is 1.94. The number of para-hydroxylation sites is 2. The minimum atomic E-state index is -0.171. The van der Waals surface area contributed by atoms with E-state index in [0.29, 0.717) is 23.8 Å². The van der Waals surface area contributed by atoms with E-state index >= 15 is 0 Å². The van der Waals surface area contributed by atoms with Crippen molar-refractivity contribution < 1.29 is 5.11 Å². The highest BCUT2D eigenvalue weighted by atomic mass is 16.3. The number of hydrogen-bond acceptors (Lipinski definition) is 5. The quantitative estimate of drug-likeness (QED) is 0.798. The number of likely N-dealkylation sites (N-methyl/N-ethyl adjacent to an activating group) is 1. The molecule has 4 atom stereocenters. The summed E-state index contributed by atoms with van der Waals surface area (Å²) >= 11 is 0. The summed E-state index contributed by atoms with van der Waals surface area (Å²) < 4.78 is 2.43. The van der Waals surface area contributed by atoms with Crippen molar-refractivity contribution in [3.05, 3.63) is 30.1 Å². The molecule has 0 amide bonds. The maximum Gasteiger partial charge on any atom is 0.124 e. The number of aromatic nitrogens is 2. The topological polar surface area (TPSA) is 47.8 Å². The van der Waals surface area contributed by atoms with Crippen LogP contribution in [-0.4, -0.2) is 87.8 Å². The molecule has 0 unspecified atom stereocenters. The van der Waals surface area contributed by atoms with Crippen LogP contribution in [0.5, 0.6) is 0 Å². The number of benzene rings is 1. The van der Waals surface area contributed by atoms with Gasteiger partial charge in [-0.1, -0.05) is 26.0 Å². The largest absolute Gasteiger partial charge is 0.391 e. The van der Waals surface area contributed by atoms with Crippen LogP contribution in [0.3, 0.4) is 0 Å². The lowest BCUT2D eigenvalue weighted by atomic mass is 9.77. The Labute approximate surface area is 186 Å². The van der Waals surface area contributed by atoms with Crippen molar-refractivity contribution in [2.45, 2.75) is 51.9 Å². The third kappa shape index (κ3) is 4.40. The molecule has 170 valence electrons. The van der Waals surface area contributed by atoms with Crippen LogP contribution in [0, 0.1) is 17.8 Å². The summed E-state index contributed by atoms with van der Waals surface area (Å²) in [6.45, 7) is 13.2. The number of aliphatic hydroxyl groups is 1. The molecule has 0 spiro atoms. The van der Waals surface area contributed by atoms with E-state index in [0.717, 1.165) is 70.7 Å². The monoisotopic (exact) mass is 425 g/mol. The average Bonchev–Trinajstić information content (AvgIpc) is 3.28. The van der Waals surface area contributed by atoms with Crippen LogP contribution < -0.4 is 0 Å². The van der Waals surface area contributed by atoms with Gasteiger partial charge in [-0.05, 0) is 49.8 Å². The maximum absolute atomic E-state index is 11.0. The van der Waals surface area contributed by atoms with Gasteiger partial charge in [0, 0.05) is 51.9 Å². The Balaban J connectivity index is 1.28. The lowest BCUT2D eigenvalue weighted by Gasteiger charge is -2.44. The first kappa shape index (κ1) is 21.4. The Hall–Kier alpha value is -1.47. The third-order valence-electron chi connectivity index (χ3n) is 7.84. The Morgan fingerprint density at radius 2 is 1.74 bits per heavy atom. The minimum Gasteiger partial charge on any atom is -0.391 e. The molecule has 2 aliphatic heterocycles. The Morgan fingerprint density at radius 3 is 2.48 bits per heavy atom. The van der Waals surface area contributed by atoms with Crippen molar-refractivity contribution >= 4 is 11.0 Å². The van der Waals surface area contributed by atoms with E-state index in [4.69, 9.17) is 4.98 Å². The van der Waals surface area contributed by atoms with Crippen LogP contribution in [0.2, 0.25) is 0 Å². The average molecular weight is 426 g/mol. The second-order valence-electron chi connectivity index (χ2n) is 10.7. The molecule has 1 aromatic carbocycles. The molecule has 2 saturated heterocycles. The van der Waals surface area contributed by atoms with Crippen LogP contribution in [0.15, 0.2) is 24.3 Å². The van der Waals surface area contributed by atoms with Crippen LogP contribution in [0.25, 0.3) is 11.0 Å². The second kappa shape index (κ2) is 8.81. The van der Waals surface area contributed by atoms with E-state index in [1.165, 1.54) is 11.3 Å². The van der Waals surface area contributed by atoms with Gasteiger partial charge in [0.2, 0.25) is 0 Å². The molecular formula is C25H39N5O. The van der Waals surface area contributed by atoms with Gasteiger partial charge in [0.1, 0.15) is 5.82 Å². The molecule has 1 N–H and O–H groups in total. The third-order valence-corrected chi connectivity index (χ3v) is 7.84. The fraction of sp³-hybridized carbons (Fsp3) is 0.720. The first-order valence-corrected chi connectivity index (χ1v) is 12.2. The summed E-state index contributed by atoms with van der Waals surface area (Å²) in [7, 11) is 2.20. The number of likely N-dealkylation sites (tertiary alicyclic amines) is 1. The highest BCUT2D eigenvalue weighted by Crippen LogP contribution is 2.39. The molecule has 31 heavy (non-hydrogen) atoms. The Morgan fingerprint density at radius 1 is 1.03 bits per heavy atom. The van der Waals surface area contributed by atoms with E-state index in [1.54, 1.807) is 0 Å². The van der Waals surface area contributed by atoms with Crippen molar-refractivity contribution in [1.82, 2.24) is 24.3 Å². The Bertz CT molecular complexity index is 887. The van der Waals surface area contributed by atoms with Crippen LogP contribution in [0.4, 0.5) is 0 Å². The zero-order valence-electron chi connectivity index (χ0n) is 19.5. The van der Waals surface area contributed by atoms with Gasteiger partial charge in [-0.15, -0.1) is 0 Å². The van der Waals surface area contributed by atoms with Gasteiger partial charge >= 0.3 is 0 Å². The highest BCUT2D eigenvalue weighted by molar-refractivity contribution is 5.75. The lowest BCUT2D eigenvalue weighted by Crippen LogP contribution is -2.55. The van der Waals surface area contributed by atoms with Crippen LogP contribution in [0.1, 0.15) is 32.5 Å². The molecule has 3 aliphatic rings. The minimum absolute atomic E-state index is 0.171. The summed E-state index contributed by atoms with van der Waals surface area (Å²) in [5.41, 5.74) is 2.37. The van der Waals surface area contributed by atoms with Crippen LogP contribution >= 0.6 is 0 Å². The van der Waals surface area contributed by atoms with Crippen LogP contribution in [-0.2, 0) is 13.1 Å². The van der Waals surface area contributed by atoms with E-state index in [9.17, 15) is 5.11 Å². The number of rotatable bonds is 5. The molecule has 2 aromatic rings. The number of hydrogen-bond donors (Lipinski definition) is 1. The molecular weight excluding hydrogens is 386 g/mol. The van der Waals surface area contributed by atoms with E-state index in [1.807, 2.05) is 0 Å². The van der Waals surface area contributed by atoms with Gasteiger partial charge < -0.3 is 14.6 Å². The maximum atomic E-state index is 11.0. The number of piperazine rings is 1. The second-order valence-corrected chi connectivity index (χ2v) is 10.7. The summed E-state index contributed by atoms with van der Waals surface area (Å²) in [5, 5.41) is 11.0. The molecule has 3 fully saturated rings. The fourth-order valence-corrected chi connectivity index (χ4v) is 6.19. The standard InChI is InChI=1S/C25H39N5O/c1-18(2)14-30-22-7-5-4-6-21(22)26-25(30)17-28-15-19-12-23(24(31)13-20(19)16-28)29-10-8-27(3)9-11-29/h4-7,18-20,23-24,31H,8-17H2,1-3H3/t19-,20+,23-,24-/m1/s1. The predicted octanol–water partition coefficient (Wildman–Crippen LogP) is 2.51. The zero-order chi connectivity index (χ0) is 21.5. The first-order valence-electron chi connectivity index (χ1n) is 12.2. The molecule has 1 aliphatic carbocycles. The fourth-order valence-electron chi connectivity index (χ4n) is 6.19. The number of fused-ring (bicyclic) bond motifs is 2. The van der Waals surface area contributed by atoms with Gasteiger partial charge in [0.05, 0.1) is 23.7 Å². The summed E-state index contributed by atoms with van der Waals surface area (Å²) in [5.74, 6) is 3.12. The molecule has 1 saturated carbocycles. The van der Waals surface area contributed by atoms with Crippen molar-refractivity contribution in [2.75, 3.05) is 46.3 Å². The van der Waals surface area contributed by atoms with Gasteiger partial charge in [-0.3, -0.25) is 9.80 Å². The van der Waals surface area contributed by atoms with Gasteiger partial charge in [-0.2, -0.15) is 0 Å². The Kier molecular flexibility index (Phi) is 6.08. The lowest BCUT2D eigenvalue weighted by molar-refractivity contribution is -0.0249. The molecule has 1 aromatic heterocycles. The van der Waals surface area contributed by atoms with E-state index in [-0.39, 0.29) is 6.10 Å². The van der Waals surface area contributed by atoms with Crippen molar-refractivity contribution in [2.24, 2.45) is 17.8 Å². The number of imidazole rings is 1. The van der Waals surface area contributed by atoms with Crippen molar-refractivity contribution in [3.8, 4) is 0 Å². The molecule has 3 heterocycles. The number of aliphatic hydroxyl groups excluding tert-OH is 1. The molecule has 5 rings (SSSR count). The predicted molar refractivity (Wildman–Crippen MR) is 125 cm³/mol. The molecule has 0 bridgehead atoms. The molecule has 6 heteroatoms. The first-order chi connectivity index (χ1) is 15.0. The SMILES string of the molecule is CC(C)Cn1c(CN2C[C@H]3C[C@@H](N4CCN(C)CC4)[C@H](O)C[C@H]3C2)nc2ccccc21. The number of nitrogens with zero attached hydrogens (tertiary/aromatic N) is 5. The van der Waals surface area contributed by atoms with E-state index in [2.05, 4.69) is 64.4 Å². The van der Waals surface area contributed by atoms with Gasteiger partial charge in [-0.25, -0.2) is 4.98 Å². The van der Waals surface area contributed by atoms with Gasteiger partial charge in [0.15, 0.2) is 0 Å². The van der Waals surface area contributed by atoms with E-state index < -0.39 is 0 Å². The molecule has 6 nitrogen and oxygen atoms in total. The summed E-state index contributed by atoms with van der Waals surface area (Å²) in [4.78, 5) is 12.6. The van der Waals surface area contributed by atoms with Crippen molar-refractivity contribution in [1.29, 1.82) is 0 Å². The smallest absolute Gasteiger partial charge is 0.124 e.